The summed E-state index contributed by atoms with van der Waals surface area (Å²) in [5.41, 5.74) is 0.481. The monoisotopic (exact) mass is 279 g/mol. The first-order valence-corrected chi connectivity index (χ1v) is 6.75. The molecule has 2 saturated heterocycles. The van der Waals surface area contributed by atoms with Crippen LogP contribution in [0.3, 0.4) is 0 Å². The molecule has 7 nitrogen and oxygen atoms in total. The van der Waals surface area contributed by atoms with E-state index in [2.05, 4.69) is 9.88 Å². The van der Waals surface area contributed by atoms with Crippen molar-refractivity contribution in [2.75, 3.05) is 31.2 Å². The van der Waals surface area contributed by atoms with E-state index < -0.39 is 10.7 Å². The largest absolute Gasteiger partial charge is 0.351 e. The highest BCUT2D eigenvalue weighted by Gasteiger charge is 2.41. The zero-order valence-corrected chi connectivity index (χ0v) is 11.4. The van der Waals surface area contributed by atoms with E-state index in [-0.39, 0.29) is 5.69 Å². The summed E-state index contributed by atoms with van der Waals surface area (Å²) in [6.07, 6.45) is 1.84. The number of hydrogen-bond donors (Lipinski definition) is 0. The van der Waals surface area contributed by atoms with Gasteiger partial charge in [-0.1, -0.05) is 0 Å². The number of aromatic nitrogens is 1. The molecule has 0 saturated carbocycles. The van der Waals surface area contributed by atoms with Crippen molar-refractivity contribution in [2.45, 2.75) is 25.6 Å². The Morgan fingerprint density at radius 3 is 2.80 bits per heavy atom. The van der Waals surface area contributed by atoms with Gasteiger partial charge in [0.2, 0.25) is 0 Å². The third kappa shape index (κ3) is 2.34. The smallest absolute Gasteiger partial charge is 0.290 e. The second-order valence-electron chi connectivity index (χ2n) is 5.16. The number of nitro groups is 1. The number of pyridine rings is 1. The molecule has 1 aromatic heterocycles. The minimum absolute atomic E-state index is 0.0499. The van der Waals surface area contributed by atoms with Gasteiger partial charge < -0.3 is 14.4 Å². The minimum Gasteiger partial charge on any atom is -0.351 e. The van der Waals surface area contributed by atoms with E-state index in [1.54, 1.807) is 13.0 Å². The lowest BCUT2D eigenvalue weighted by atomic mass is 10.0. The van der Waals surface area contributed by atoms with Crippen LogP contribution in [-0.4, -0.2) is 42.0 Å². The fraction of sp³-hybridized carbons (Fsp3) is 0.615. The van der Waals surface area contributed by atoms with Gasteiger partial charge in [0.25, 0.3) is 5.69 Å². The number of nitrogens with zero attached hydrogens (tertiary/aromatic N) is 3. The van der Waals surface area contributed by atoms with Gasteiger partial charge in [0.05, 0.1) is 24.7 Å². The quantitative estimate of drug-likeness (QED) is 0.605. The molecule has 2 aliphatic rings. The molecule has 7 heteroatoms. The summed E-state index contributed by atoms with van der Waals surface area (Å²) in [4.78, 5) is 16.8. The maximum atomic E-state index is 10.8. The number of piperidine rings is 1. The van der Waals surface area contributed by atoms with Crippen molar-refractivity contribution in [3.63, 3.8) is 0 Å². The first-order chi connectivity index (χ1) is 9.60. The SMILES string of the molecule is Cc1nc(N2CCCC3(C2)OCCO3)ccc1[N+](=O)[O-]. The Hall–Kier alpha value is -1.73. The zero-order valence-electron chi connectivity index (χ0n) is 11.4. The molecule has 0 amide bonds. The molecule has 0 N–H and O–H groups in total. The standard InChI is InChI=1S/C13H17N3O4/c1-10-11(16(17)18)3-4-12(14-10)15-6-2-5-13(9-15)19-7-8-20-13/h3-4H,2,5-9H2,1H3. The predicted molar refractivity (Wildman–Crippen MR) is 71.7 cm³/mol. The van der Waals surface area contributed by atoms with E-state index in [1.165, 1.54) is 6.07 Å². The van der Waals surface area contributed by atoms with E-state index in [4.69, 9.17) is 9.47 Å². The van der Waals surface area contributed by atoms with Crippen LogP contribution in [-0.2, 0) is 9.47 Å². The highest BCUT2D eigenvalue weighted by molar-refractivity contribution is 5.47. The molecule has 0 aromatic carbocycles. The summed E-state index contributed by atoms with van der Waals surface area (Å²) in [6, 6.07) is 3.20. The van der Waals surface area contributed by atoms with Gasteiger partial charge in [0.1, 0.15) is 11.5 Å². The van der Waals surface area contributed by atoms with Crippen LogP contribution < -0.4 is 4.90 Å². The maximum Gasteiger partial charge on any atom is 0.290 e. The topological polar surface area (TPSA) is 77.7 Å². The van der Waals surface area contributed by atoms with Gasteiger partial charge in [-0.2, -0.15) is 0 Å². The van der Waals surface area contributed by atoms with E-state index in [1.807, 2.05) is 0 Å². The molecule has 3 heterocycles. The van der Waals surface area contributed by atoms with E-state index in [9.17, 15) is 10.1 Å². The number of rotatable bonds is 2. The van der Waals surface area contributed by atoms with Gasteiger partial charge in [-0.3, -0.25) is 10.1 Å². The fourth-order valence-corrected chi connectivity index (χ4v) is 2.83. The van der Waals surface area contributed by atoms with Gasteiger partial charge in [-0.25, -0.2) is 4.98 Å². The molecular formula is C13H17N3O4. The Morgan fingerprint density at radius 2 is 2.15 bits per heavy atom. The van der Waals surface area contributed by atoms with Crippen LogP contribution >= 0.6 is 0 Å². The van der Waals surface area contributed by atoms with Crippen molar-refractivity contribution in [1.82, 2.24) is 4.98 Å². The first kappa shape index (κ1) is 13.3. The van der Waals surface area contributed by atoms with Crippen LogP contribution in [0.25, 0.3) is 0 Å². The normalized spacial score (nSPS) is 21.4. The van der Waals surface area contributed by atoms with Crippen molar-refractivity contribution in [2.24, 2.45) is 0 Å². The van der Waals surface area contributed by atoms with Gasteiger partial charge in [0, 0.05) is 19.0 Å². The van der Waals surface area contributed by atoms with Gasteiger partial charge in [-0.15, -0.1) is 0 Å². The molecule has 2 fully saturated rings. The van der Waals surface area contributed by atoms with Gasteiger partial charge in [-0.05, 0) is 19.4 Å². The Morgan fingerprint density at radius 1 is 1.40 bits per heavy atom. The van der Waals surface area contributed by atoms with Crippen LogP contribution in [0.4, 0.5) is 11.5 Å². The third-order valence-electron chi connectivity index (χ3n) is 3.79. The molecule has 3 rings (SSSR count). The van der Waals surface area contributed by atoms with E-state index in [0.717, 1.165) is 25.2 Å². The fourth-order valence-electron chi connectivity index (χ4n) is 2.83. The summed E-state index contributed by atoms with van der Waals surface area (Å²) in [5, 5.41) is 10.8. The van der Waals surface area contributed by atoms with Gasteiger partial charge in [0.15, 0.2) is 5.79 Å². The van der Waals surface area contributed by atoms with Crippen molar-refractivity contribution in [1.29, 1.82) is 0 Å². The molecule has 108 valence electrons. The number of ether oxygens (including phenoxy) is 2. The summed E-state index contributed by atoms with van der Waals surface area (Å²) < 4.78 is 11.5. The second kappa shape index (κ2) is 4.99. The Balaban J connectivity index is 1.82. The summed E-state index contributed by atoms with van der Waals surface area (Å²) in [5.74, 6) is 0.224. The molecule has 0 bridgehead atoms. The molecule has 2 aliphatic heterocycles. The molecule has 1 spiro atoms. The highest BCUT2D eigenvalue weighted by atomic mass is 16.7. The van der Waals surface area contributed by atoms with E-state index in [0.29, 0.717) is 25.5 Å². The molecule has 0 unspecified atom stereocenters. The molecular weight excluding hydrogens is 262 g/mol. The molecule has 20 heavy (non-hydrogen) atoms. The first-order valence-electron chi connectivity index (χ1n) is 6.75. The zero-order chi connectivity index (χ0) is 14.2. The molecule has 0 atom stereocenters. The van der Waals surface area contributed by atoms with E-state index >= 15 is 0 Å². The van der Waals surface area contributed by atoms with Crippen LogP contribution in [0.1, 0.15) is 18.5 Å². The lowest BCUT2D eigenvalue weighted by Gasteiger charge is -2.39. The van der Waals surface area contributed by atoms with Crippen molar-refractivity contribution >= 4 is 11.5 Å². The number of anilines is 1. The average Bonchev–Trinajstić information content (AvgIpc) is 2.86. The molecule has 0 radical (unpaired) electrons. The Kier molecular flexibility index (Phi) is 3.31. The Labute approximate surface area is 116 Å². The third-order valence-corrected chi connectivity index (χ3v) is 3.79. The second-order valence-corrected chi connectivity index (χ2v) is 5.16. The summed E-state index contributed by atoms with van der Waals surface area (Å²) in [7, 11) is 0. The maximum absolute atomic E-state index is 10.8. The predicted octanol–water partition coefficient (Wildman–Crippen LogP) is 1.64. The van der Waals surface area contributed by atoms with Crippen molar-refractivity contribution in [3.05, 3.63) is 27.9 Å². The Bertz CT molecular complexity index is 528. The lowest BCUT2D eigenvalue weighted by Crippen LogP contribution is -2.49. The average molecular weight is 279 g/mol. The van der Waals surface area contributed by atoms with Crippen LogP contribution in [0.2, 0.25) is 0 Å². The molecule has 0 aliphatic carbocycles. The minimum atomic E-state index is -0.518. The number of aryl methyl sites for hydroxylation is 1. The van der Waals surface area contributed by atoms with Crippen LogP contribution in [0, 0.1) is 17.0 Å². The highest BCUT2D eigenvalue weighted by Crippen LogP contribution is 2.32. The van der Waals surface area contributed by atoms with Crippen molar-refractivity contribution < 1.29 is 14.4 Å². The van der Waals surface area contributed by atoms with Gasteiger partial charge >= 0.3 is 0 Å². The van der Waals surface area contributed by atoms with Crippen LogP contribution in [0.15, 0.2) is 12.1 Å². The summed E-state index contributed by atoms with van der Waals surface area (Å²) in [6.45, 7) is 4.39. The van der Waals surface area contributed by atoms with Crippen LogP contribution in [0.5, 0.6) is 0 Å². The lowest BCUT2D eigenvalue weighted by molar-refractivity contribution is -0.385. The number of hydrogen-bond acceptors (Lipinski definition) is 6. The van der Waals surface area contributed by atoms with Crippen molar-refractivity contribution in [3.8, 4) is 0 Å². The molecule has 1 aromatic rings. The summed E-state index contributed by atoms with van der Waals surface area (Å²) >= 11 is 0.